The molecule has 0 radical (unpaired) electrons. The molecule has 1 aromatic carbocycles. The highest BCUT2D eigenvalue weighted by Gasteiger charge is 2.12. The van der Waals surface area contributed by atoms with E-state index >= 15 is 0 Å². The number of para-hydroxylation sites is 1. The Hall–Kier alpha value is -0.770. The number of piperidine rings is 1. The zero-order valence-electron chi connectivity index (χ0n) is 13.0. The van der Waals surface area contributed by atoms with Gasteiger partial charge >= 0.3 is 0 Å². The number of rotatable bonds is 8. The van der Waals surface area contributed by atoms with E-state index in [1.54, 1.807) is 0 Å². The summed E-state index contributed by atoms with van der Waals surface area (Å²) in [5.74, 6) is 0.847. The van der Waals surface area contributed by atoms with Crippen LogP contribution in [0, 0.1) is 0 Å². The molecule has 1 aliphatic heterocycles. The lowest BCUT2D eigenvalue weighted by Crippen LogP contribution is -2.33. The minimum Gasteiger partial charge on any atom is -0.490 e. The Labute approximate surface area is 133 Å². The van der Waals surface area contributed by atoms with Crippen molar-refractivity contribution in [1.82, 2.24) is 10.2 Å². The molecule has 21 heavy (non-hydrogen) atoms. The van der Waals surface area contributed by atoms with Crippen LogP contribution in [0.25, 0.3) is 0 Å². The number of nitrogens with one attached hydrogen (secondary N) is 1. The molecule has 4 heteroatoms. The molecule has 1 aromatic rings. The zero-order chi connectivity index (χ0) is 14.9. The number of hydrogen-bond donors (Lipinski definition) is 1. The Kier molecular flexibility index (Phi) is 7.34. The fourth-order valence-electron chi connectivity index (χ4n) is 2.71. The largest absolute Gasteiger partial charge is 0.490 e. The molecule has 1 saturated heterocycles. The molecule has 1 fully saturated rings. The van der Waals surface area contributed by atoms with Gasteiger partial charge in [0.25, 0.3) is 0 Å². The van der Waals surface area contributed by atoms with E-state index in [1.807, 2.05) is 12.1 Å². The number of benzene rings is 1. The van der Waals surface area contributed by atoms with Crippen LogP contribution in [0.2, 0.25) is 5.02 Å². The van der Waals surface area contributed by atoms with Gasteiger partial charge in [0.15, 0.2) is 0 Å². The van der Waals surface area contributed by atoms with Crippen LogP contribution in [-0.4, -0.2) is 37.7 Å². The summed E-state index contributed by atoms with van der Waals surface area (Å²) < 4.78 is 5.99. The lowest BCUT2D eigenvalue weighted by Gasteiger charge is -2.26. The standard InChI is InChI=1S/C17H27ClN2O/c1-2-9-19-14-15-7-6-8-16(18)17(15)21-13-12-20-10-4-3-5-11-20/h6-8,19H,2-5,9-14H2,1H3. The quantitative estimate of drug-likeness (QED) is 0.741. The van der Waals surface area contributed by atoms with Crippen molar-refractivity contribution in [3.8, 4) is 5.75 Å². The maximum absolute atomic E-state index is 6.30. The summed E-state index contributed by atoms with van der Waals surface area (Å²) in [4.78, 5) is 2.48. The van der Waals surface area contributed by atoms with Gasteiger partial charge in [-0.1, -0.05) is 37.1 Å². The highest BCUT2D eigenvalue weighted by Crippen LogP contribution is 2.28. The third kappa shape index (κ3) is 5.50. The highest BCUT2D eigenvalue weighted by atomic mass is 35.5. The van der Waals surface area contributed by atoms with Crippen molar-refractivity contribution in [2.45, 2.75) is 39.2 Å². The molecule has 0 aromatic heterocycles. The number of nitrogens with zero attached hydrogens (tertiary/aromatic N) is 1. The third-order valence-electron chi connectivity index (χ3n) is 3.89. The lowest BCUT2D eigenvalue weighted by molar-refractivity contribution is 0.182. The normalized spacial score (nSPS) is 16.1. The molecule has 2 rings (SSSR count). The molecule has 0 aliphatic carbocycles. The van der Waals surface area contributed by atoms with E-state index in [-0.39, 0.29) is 0 Å². The number of halogens is 1. The smallest absolute Gasteiger partial charge is 0.142 e. The van der Waals surface area contributed by atoms with Gasteiger partial charge in [0.1, 0.15) is 12.4 Å². The van der Waals surface area contributed by atoms with Gasteiger partial charge in [-0.15, -0.1) is 0 Å². The van der Waals surface area contributed by atoms with Crippen LogP contribution in [0.4, 0.5) is 0 Å². The molecule has 0 atom stereocenters. The minimum atomic E-state index is 0.712. The van der Waals surface area contributed by atoms with Crippen LogP contribution in [0.3, 0.4) is 0 Å². The Balaban J connectivity index is 1.85. The van der Waals surface area contributed by atoms with Crippen molar-refractivity contribution in [3.63, 3.8) is 0 Å². The first kappa shape index (κ1) is 16.6. The van der Waals surface area contributed by atoms with Crippen LogP contribution < -0.4 is 10.1 Å². The van der Waals surface area contributed by atoms with Crippen molar-refractivity contribution in [1.29, 1.82) is 0 Å². The molecule has 0 unspecified atom stereocenters. The lowest BCUT2D eigenvalue weighted by atomic mass is 10.1. The summed E-state index contributed by atoms with van der Waals surface area (Å²) in [7, 11) is 0. The number of ether oxygens (including phenoxy) is 1. The van der Waals surface area contributed by atoms with Crippen molar-refractivity contribution in [2.24, 2.45) is 0 Å². The van der Waals surface area contributed by atoms with E-state index < -0.39 is 0 Å². The second kappa shape index (κ2) is 9.29. The molecule has 118 valence electrons. The van der Waals surface area contributed by atoms with Gasteiger partial charge in [-0.05, 0) is 45.0 Å². The highest BCUT2D eigenvalue weighted by molar-refractivity contribution is 6.32. The summed E-state index contributed by atoms with van der Waals surface area (Å²) >= 11 is 6.30. The summed E-state index contributed by atoms with van der Waals surface area (Å²) in [6.07, 6.45) is 5.14. The van der Waals surface area contributed by atoms with E-state index in [1.165, 1.54) is 32.4 Å². The molecule has 0 spiro atoms. The summed E-state index contributed by atoms with van der Waals surface area (Å²) in [5.41, 5.74) is 1.15. The Morgan fingerprint density at radius 3 is 2.81 bits per heavy atom. The van der Waals surface area contributed by atoms with E-state index in [0.29, 0.717) is 11.6 Å². The van der Waals surface area contributed by atoms with E-state index in [4.69, 9.17) is 16.3 Å². The van der Waals surface area contributed by atoms with Gasteiger partial charge in [-0.3, -0.25) is 4.90 Å². The Morgan fingerprint density at radius 1 is 1.24 bits per heavy atom. The molecule has 0 amide bonds. The number of likely N-dealkylation sites (tertiary alicyclic amines) is 1. The summed E-state index contributed by atoms with van der Waals surface area (Å²) in [6, 6.07) is 5.98. The van der Waals surface area contributed by atoms with Gasteiger partial charge in [0.2, 0.25) is 0 Å². The first-order valence-corrected chi connectivity index (χ1v) is 8.52. The van der Waals surface area contributed by atoms with Crippen LogP contribution in [0.1, 0.15) is 38.2 Å². The second-order valence-electron chi connectivity index (χ2n) is 5.66. The predicted molar refractivity (Wildman–Crippen MR) is 89.2 cm³/mol. The first-order valence-electron chi connectivity index (χ1n) is 8.14. The maximum atomic E-state index is 6.30. The predicted octanol–water partition coefficient (Wildman–Crippen LogP) is 3.70. The van der Waals surface area contributed by atoms with Crippen LogP contribution in [0.5, 0.6) is 5.75 Å². The van der Waals surface area contributed by atoms with Gasteiger partial charge in [-0.25, -0.2) is 0 Å². The fraction of sp³-hybridized carbons (Fsp3) is 0.647. The van der Waals surface area contributed by atoms with E-state index in [2.05, 4.69) is 23.2 Å². The SMILES string of the molecule is CCCNCc1cccc(Cl)c1OCCN1CCCCC1. The first-order chi connectivity index (χ1) is 10.3. The summed E-state index contributed by atoms with van der Waals surface area (Å²) in [6.45, 7) is 8.11. The monoisotopic (exact) mass is 310 g/mol. The van der Waals surface area contributed by atoms with E-state index in [9.17, 15) is 0 Å². The zero-order valence-corrected chi connectivity index (χ0v) is 13.8. The average molecular weight is 311 g/mol. The van der Waals surface area contributed by atoms with Gasteiger partial charge in [0.05, 0.1) is 5.02 Å². The van der Waals surface area contributed by atoms with Crippen LogP contribution >= 0.6 is 11.6 Å². The molecular formula is C17H27ClN2O. The summed E-state index contributed by atoms with van der Waals surface area (Å²) in [5, 5.41) is 4.12. The van der Waals surface area contributed by atoms with Crippen molar-refractivity contribution >= 4 is 11.6 Å². The molecule has 0 saturated carbocycles. The van der Waals surface area contributed by atoms with Crippen LogP contribution in [0.15, 0.2) is 18.2 Å². The van der Waals surface area contributed by atoms with Gasteiger partial charge in [0, 0.05) is 18.7 Å². The Bertz CT molecular complexity index is 419. The van der Waals surface area contributed by atoms with Crippen molar-refractivity contribution in [3.05, 3.63) is 28.8 Å². The number of hydrogen-bond acceptors (Lipinski definition) is 3. The molecule has 1 heterocycles. The van der Waals surface area contributed by atoms with Gasteiger partial charge in [-0.2, -0.15) is 0 Å². The molecular weight excluding hydrogens is 284 g/mol. The second-order valence-corrected chi connectivity index (χ2v) is 6.06. The fourth-order valence-corrected chi connectivity index (χ4v) is 2.96. The van der Waals surface area contributed by atoms with Crippen LogP contribution in [-0.2, 0) is 6.54 Å². The molecule has 1 aliphatic rings. The maximum Gasteiger partial charge on any atom is 0.142 e. The van der Waals surface area contributed by atoms with Crippen molar-refractivity contribution in [2.75, 3.05) is 32.8 Å². The minimum absolute atomic E-state index is 0.712. The molecule has 1 N–H and O–H groups in total. The Morgan fingerprint density at radius 2 is 2.05 bits per heavy atom. The molecule has 0 bridgehead atoms. The van der Waals surface area contributed by atoms with Crippen molar-refractivity contribution < 1.29 is 4.74 Å². The third-order valence-corrected chi connectivity index (χ3v) is 4.19. The van der Waals surface area contributed by atoms with E-state index in [0.717, 1.165) is 37.4 Å². The van der Waals surface area contributed by atoms with Gasteiger partial charge < -0.3 is 10.1 Å². The molecule has 3 nitrogen and oxygen atoms in total. The topological polar surface area (TPSA) is 24.5 Å². The average Bonchev–Trinajstić information content (AvgIpc) is 2.51.